The average molecular weight is 315 g/mol. The monoisotopic (exact) mass is 315 g/mol. The summed E-state index contributed by atoms with van der Waals surface area (Å²) in [5.74, 6) is 0.228. The van der Waals surface area contributed by atoms with Crippen LogP contribution >= 0.6 is 0 Å². The summed E-state index contributed by atoms with van der Waals surface area (Å²) in [5, 5.41) is 10.9. The topological polar surface area (TPSA) is 79.6 Å². The standard InChI is InChI=1S/C16H21N5O2/c1-10(2)14(21-7-4-5-13(21)22)15(23)17-16-19-18-12-9-11(3)6-8-20(12)16/h6,8-10,14H,4-5,7H2,1-3H3,(H,17,19,23). The van der Waals surface area contributed by atoms with Crippen molar-refractivity contribution in [2.45, 2.75) is 39.7 Å². The van der Waals surface area contributed by atoms with Crippen molar-refractivity contribution in [2.24, 2.45) is 5.92 Å². The summed E-state index contributed by atoms with van der Waals surface area (Å²) in [6.07, 6.45) is 3.15. The molecule has 0 bridgehead atoms. The zero-order valence-electron chi connectivity index (χ0n) is 13.6. The van der Waals surface area contributed by atoms with Crippen molar-refractivity contribution in [3.8, 4) is 0 Å². The molecule has 1 unspecified atom stereocenters. The number of aromatic nitrogens is 3. The molecule has 0 spiro atoms. The molecule has 2 aromatic heterocycles. The molecule has 2 amide bonds. The van der Waals surface area contributed by atoms with Crippen LogP contribution in [0.1, 0.15) is 32.3 Å². The van der Waals surface area contributed by atoms with Gasteiger partial charge in [-0.3, -0.25) is 19.3 Å². The van der Waals surface area contributed by atoms with Crippen molar-refractivity contribution >= 4 is 23.4 Å². The fraction of sp³-hybridized carbons (Fsp3) is 0.500. The Hall–Kier alpha value is -2.44. The Morgan fingerprint density at radius 1 is 1.35 bits per heavy atom. The number of nitrogens with one attached hydrogen (secondary N) is 1. The van der Waals surface area contributed by atoms with Crippen LogP contribution in [-0.2, 0) is 9.59 Å². The third-order valence-corrected chi connectivity index (χ3v) is 4.15. The van der Waals surface area contributed by atoms with E-state index in [0.717, 1.165) is 12.0 Å². The number of aryl methyl sites for hydroxylation is 1. The number of amides is 2. The van der Waals surface area contributed by atoms with E-state index < -0.39 is 6.04 Å². The van der Waals surface area contributed by atoms with Gasteiger partial charge in [0.25, 0.3) is 0 Å². The first-order chi connectivity index (χ1) is 11.0. The molecule has 1 N–H and O–H groups in total. The number of pyridine rings is 1. The summed E-state index contributed by atoms with van der Waals surface area (Å²) in [6, 6.07) is 3.34. The van der Waals surface area contributed by atoms with E-state index in [2.05, 4.69) is 15.5 Å². The SMILES string of the molecule is Cc1ccn2c(NC(=O)C(C(C)C)N3CCCC3=O)nnc2c1. The summed E-state index contributed by atoms with van der Waals surface area (Å²) in [6.45, 7) is 6.50. The van der Waals surface area contributed by atoms with Gasteiger partial charge in [-0.05, 0) is 37.0 Å². The van der Waals surface area contributed by atoms with Gasteiger partial charge in [0.05, 0.1) is 0 Å². The number of hydrogen-bond donors (Lipinski definition) is 1. The Morgan fingerprint density at radius 2 is 2.13 bits per heavy atom. The minimum Gasteiger partial charge on any atom is -0.330 e. The summed E-state index contributed by atoms with van der Waals surface area (Å²) in [7, 11) is 0. The van der Waals surface area contributed by atoms with E-state index in [1.165, 1.54) is 0 Å². The largest absolute Gasteiger partial charge is 0.330 e. The molecule has 0 aromatic carbocycles. The van der Waals surface area contributed by atoms with E-state index in [4.69, 9.17) is 0 Å². The fourth-order valence-electron chi connectivity index (χ4n) is 3.03. The molecular formula is C16H21N5O2. The van der Waals surface area contributed by atoms with Gasteiger partial charge in [0.1, 0.15) is 6.04 Å². The Morgan fingerprint density at radius 3 is 2.78 bits per heavy atom. The Kier molecular flexibility index (Phi) is 4.02. The molecule has 3 rings (SSSR count). The van der Waals surface area contributed by atoms with Gasteiger partial charge in [-0.15, -0.1) is 10.2 Å². The second kappa shape index (κ2) is 5.98. The number of carbonyl (C=O) groups is 2. The van der Waals surface area contributed by atoms with Crippen molar-refractivity contribution in [3.63, 3.8) is 0 Å². The molecule has 1 saturated heterocycles. The molecular weight excluding hydrogens is 294 g/mol. The van der Waals surface area contributed by atoms with Crippen molar-refractivity contribution in [2.75, 3.05) is 11.9 Å². The summed E-state index contributed by atoms with van der Waals surface area (Å²) in [5.41, 5.74) is 1.75. The number of hydrogen-bond acceptors (Lipinski definition) is 4. The third kappa shape index (κ3) is 2.91. The number of rotatable bonds is 4. The Balaban J connectivity index is 1.84. The van der Waals surface area contributed by atoms with Crippen molar-refractivity contribution in [3.05, 3.63) is 23.9 Å². The number of likely N-dealkylation sites (tertiary alicyclic amines) is 1. The molecule has 1 aliphatic heterocycles. The van der Waals surface area contributed by atoms with Gasteiger partial charge in [0.15, 0.2) is 5.65 Å². The van der Waals surface area contributed by atoms with Crippen molar-refractivity contribution in [1.82, 2.24) is 19.5 Å². The van der Waals surface area contributed by atoms with Crippen LogP contribution in [0.25, 0.3) is 5.65 Å². The minimum atomic E-state index is -0.484. The molecule has 0 saturated carbocycles. The fourth-order valence-corrected chi connectivity index (χ4v) is 3.03. The number of nitrogens with zero attached hydrogens (tertiary/aromatic N) is 4. The molecule has 2 aromatic rings. The highest BCUT2D eigenvalue weighted by atomic mass is 16.2. The Labute approximate surface area is 134 Å². The summed E-state index contributed by atoms with van der Waals surface area (Å²) >= 11 is 0. The quantitative estimate of drug-likeness (QED) is 0.930. The molecule has 122 valence electrons. The number of anilines is 1. The molecule has 1 atom stereocenters. The van der Waals surface area contributed by atoms with Crippen LogP contribution in [0.5, 0.6) is 0 Å². The minimum absolute atomic E-state index is 0.0264. The van der Waals surface area contributed by atoms with Crippen LogP contribution in [0.15, 0.2) is 18.3 Å². The van der Waals surface area contributed by atoms with Gasteiger partial charge in [-0.25, -0.2) is 0 Å². The second-order valence-corrected chi connectivity index (χ2v) is 6.32. The van der Waals surface area contributed by atoms with E-state index >= 15 is 0 Å². The van der Waals surface area contributed by atoms with Gasteiger partial charge >= 0.3 is 0 Å². The molecule has 7 heteroatoms. The van der Waals surface area contributed by atoms with E-state index in [9.17, 15) is 9.59 Å². The van der Waals surface area contributed by atoms with Gasteiger partial charge in [-0.1, -0.05) is 13.8 Å². The molecule has 0 radical (unpaired) electrons. The molecule has 1 aliphatic rings. The van der Waals surface area contributed by atoms with Gasteiger partial charge in [-0.2, -0.15) is 0 Å². The molecule has 1 fully saturated rings. The van der Waals surface area contributed by atoms with Crippen LogP contribution in [0, 0.1) is 12.8 Å². The van der Waals surface area contributed by atoms with Crippen LogP contribution in [0.3, 0.4) is 0 Å². The lowest BCUT2D eigenvalue weighted by Gasteiger charge is -2.29. The maximum Gasteiger partial charge on any atom is 0.249 e. The summed E-state index contributed by atoms with van der Waals surface area (Å²) < 4.78 is 1.73. The smallest absolute Gasteiger partial charge is 0.249 e. The molecule has 0 aliphatic carbocycles. The molecule has 7 nitrogen and oxygen atoms in total. The van der Waals surface area contributed by atoms with Crippen LogP contribution in [0.4, 0.5) is 5.95 Å². The predicted molar refractivity (Wildman–Crippen MR) is 85.9 cm³/mol. The lowest BCUT2D eigenvalue weighted by molar-refractivity contribution is -0.136. The van der Waals surface area contributed by atoms with Crippen LogP contribution in [-0.4, -0.2) is 43.9 Å². The predicted octanol–water partition coefficient (Wildman–Crippen LogP) is 1.62. The van der Waals surface area contributed by atoms with Crippen LogP contribution in [0.2, 0.25) is 0 Å². The van der Waals surface area contributed by atoms with Gasteiger partial charge in [0.2, 0.25) is 17.8 Å². The normalized spacial score (nSPS) is 16.3. The third-order valence-electron chi connectivity index (χ3n) is 4.15. The lowest BCUT2D eigenvalue weighted by atomic mass is 10.0. The van der Waals surface area contributed by atoms with E-state index in [1.54, 1.807) is 9.30 Å². The first-order valence-corrected chi connectivity index (χ1v) is 7.89. The van der Waals surface area contributed by atoms with E-state index in [0.29, 0.717) is 24.6 Å². The van der Waals surface area contributed by atoms with Crippen molar-refractivity contribution < 1.29 is 9.59 Å². The second-order valence-electron chi connectivity index (χ2n) is 6.32. The zero-order valence-corrected chi connectivity index (χ0v) is 13.6. The van der Waals surface area contributed by atoms with Crippen molar-refractivity contribution in [1.29, 1.82) is 0 Å². The first kappa shape index (κ1) is 15.5. The van der Waals surface area contributed by atoms with Gasteiger partial charge in [0, 0.05) is 19.2 Å². The lowest BCUT2D eigenvalue weighted by Crippen LogP contribution is -2.48. The molecule has 3 heterocycles. The first-order valence-electron chi connectivity index (χ1n) is 7.89. The van der Waals surface area contributed by atoms with E-state index in [1.807, 2.05) is 39.1 Å². The highest BCUT2D eigenvalue weighted by Crippen LogP contribution is 2.20. The maximum atomic E-state index is 12.7. The summed E-state index contributed by atoms with van der Waals surface area (Å²) in [4.78, 5) is 26.4. The average Bonchev–Trinajstić information content (AvgIpc) is 3.06. The number of carbonyl (C=O) groups excluding carboxylic acids is 2. The van der Waals surface area contributed by atoms with Crippen LogP contribution < -0.4 is 5.32 Å². The maximum absolute atomic E-state index is 12.7. The van der Waals surface area contributed by atoms with E-state index in [-0.39, 0.29) is 17.7 Å². The zero-order chi connectivity index (χ0) is 16.6. The van der Waals surface area contributed by atoms with Gasteiger partial charge < -0.3 is 4.90 Å². The highest BCUT2D eigenvalue weighted by Gasteiger charge is 2.35. The number of fused-ring (bicyclic) bond motifs is 1. The Bertz CT molecular complexity index is 752. The highest BCUT2D eigenvalue weighted by molar-refractivity contribution is 5.96. The molecule has 23 heavy (non-hydrogen) atoms.